The van der Waals surface area contributed by atoms with Crippen LogP contribution in [0.15, 0.2) is 42.6 Å². The summed E-state index contributed by atoms with van der Waals surface area (Å²) in [6, 6.07) is 11.1. The van der Waals surface area contributed by atoms with E-state index in [9.17, 15) is 4.79 Å². The van der Waals surface area contributed by atoms with Gasteiger partial charge >= 0.3 is 0 Å². The summed E-state index contributed by atoms with van der Waals surface area (Å²) < 4.78 is 0. The first-order valence-corrected chi connectivity index (χ1v) is 7.53. The van der Waals surface area contributed by atoms with Crippen LogP contribution in [0.1, 0.15) is 10.5 Å². The van der Waals surface area contributed by atoms with Crippen molar-refractivity contribution in [3.8, 4) is 0 Å². The SMILES string of the molecule is Nc1ccc(C(=O)N2CCN(c3ccccc3Cl)CC2)nc1. The number of hydrogen-bond donors (Lipinski definition) is 1. The van der Waals surface area contributed by atoms with Gasteiger partial charge in [0.2, 0.25) is 0 Å². The number of rotatable bonds is 2. The topological polar surface area (TPSA) is 62.5 Å². The molecule has 2 heterocycles. The van der Waals surface area contributed by atoms with Crippen molar-refractivity contribution < 1.29 is 4.79 Å². The third kappa shape index (κ3) is 2.99. The van der Waals surface area contributed by atoms with E-state index in [0.717, 1.165) is 23.8 Å². The van der Waals surface area contributed by atoms with Gasteiger partial charge in [0, 0.05) is 26.2 Å². The highest BCUT2D eigenvalue weighted by molar-refractivity contribution is 6.33. The summed E-state index contributed by atoms with van der Waals surface area (Å²) in [5.41, 5.74) is 7.60. The summed E-state index contributed by atoms with van der Waals surface area (Å²) in [6.45, 7) is 2.81. The van der Waals surface area contributed by atoms with Crippen LogP contribution in [0.4, 0.5) is 11.4 Å². The number of aromatic nitrogens is 1. The molecule has 1 aliphatic heterocycles. The number of hydrogen-bond acceptors (Lipinski definition) is 4. The molecule has 0 spiro atoms. The van der Waals surface area contributed by atoms with E-state index in [1.165, 1.54) is 6.20 Å². The number of anilines is 2. The summed E-state index contributed by atoms with van der Waals surface area (Å²) in [7, 11) is 0. The number of para-hydroxylation sites is 1. The van der Waals surface area contributed by atoms with Gasteiger partial charge in [-0.2, -0.15) is 0 Å². The highest BCUT2D eigenvalue weighted by Crippen LogP contribution is 2.26. The first-order valence-electron chi connectivity index (χ1n) is 7.15. The van der Waals surface area contributed by atoms with Crippen molar-refractivity contribution >= 4 is 28.9 Å². The van der Waals surface area contributed by atoms with Gasteiger partial charge in [0.15, 0.2) is 0 Å². The first-order chi connectivity index (χ1) is 10.6. The fourth-order valence-electron chi connectivity index (χ4n) is 2.55. The van der Waals surface area contributed by atoms with Gasteiger partial charge in [-0.15, -0.1) is 0 Å². The third-order valence-corrected chi connectivity index (χ3v) is 4.09. The molecule has 2 N–H and O–H groups in total. The van der Waals surface area contributed by atoms with Crippen molar-refractivity contribution in [2.75, 3.05) is 36.8 Å². The lowest BCUT2D eigenvalue weighted by molar-refractivity contribution is 0.0741. The molecule has 1 fully saturated rings. The lowest BCUT2D eigenvalue weighted by atomic mass is 10.2. The zero-order chi connectivity index (χ0) is 15.5. The number of nitrogens with zero attached hydrogens (tertiary/aromatic N) is 3. The van der Waals surface area contributed by atoms with Crippen molar-refractivity contribution in [3.05, 3.63) is 53.3 Å². The number of nitrogen functional groups attached to an aromatic ring is 1. The second-order valence-electron chi connectivity index (χ2n) is 5.21. The third-order valence-electron chi connectivity index (χ3n) is 3.77. The van der Waals surface area contributed by atoms with Crippen LogP contribution in [0.5, 0.6) is 0 Å². The minimum Gasteiger partial charge on any atom is -0.397 e. The van der Waals surface area contributed by atoms with E-state index in [1.807, 2.05) is 29.2 Å². The molecule has 1 aromatic heterocycles. The summed E-state index contributed by atoms with van der Waals surface area (Å²) in [5, 5.41) is 0.738. The molecule has 1 amide bonds. The highest BCUT2D eigenvalue weighted by atomic mass is 35.5. The Kier molecular flexibility index (Phi) is 4.15. The molecule has 1 aromatic carbocycles. The van der Waals surface area contributed by atoms with Crippen molar-refractivity contribution in [1.29, 1.82) is 0 Å². The summed E-state index contributed by atoms with van der Waals surface area (Å²) >= 11 is 6.22. The number of halogens is 1. The van der Waals surface area contributed by atoms with Gasteiger partial charge in [-0.25, -0.2) is 4.98 Å². The van der Waals surface area contributed by atoms with Crippen LogP contribution in [-0.4, -0.2) is 42.0 Å². The first kappa shape index (κ1) is 14.7. The van der Waals surface area contributed by atoms with Crippen LogP contribution in [0.25, 0.3) is 0 Å². The fourth-order valence-corrected chi connectivity index (χ4v) is 2.81. The van der Waals surface area contributed by atoms with Gasteiger partial charge in [-0.05, 0) is 24.3 Å². The number of piperazine rings is 1. The Balaban J connectivity index is 1.65. The van der Waals surface area contributed by atoms with E-state index in [1.54, 1.807) is 12.1 Å². The zero-order valence-electron chi connectivity index (χ0n) is 12.1. The largest absolute Gasteiger partial charge is 0.397 e. The molecular formula is C16H17ClN4O. The highest BCUT2D eigenvalue weighted by Gasteiger charge is 2.23. The van der Waals surface area contributed by atoms with Gasteiger partial charge in [0.1, 0.15) is 5.69 Å². The monoisotopic (exact) mass is 316 g/mol. The van der Waals surface area contributed by atoms with Gasteiger partial charge in [0.25, 0.3) is 5.91 Å². The Morgan fingerprint density at radius 2 is 1.82 bits per heavy atom. The summed E-state index contributed by atoms with van der Waals surface area (Å²) in [4.78, 5) is 20.5. The maximum Gasteiger partial charge on any atom is 0.272 e. The predicted octanol–water partition coefficient (Wildman–Crippen LogP) is 2.28. The molecule has 0 atom stereocenters. The molecular weight excluding hydrogens is 300 g/mol. The molecule has 0 radical (unpaired) electrons. The van der Waals surface area contributed by atoms with Crippen LogP contribution in [-0.2, 0) is 0 Å². The van der Waals surface area contributed by atoms with Crippen molar-refractivity contribution in [2.24, 2.45) is 0 Å². The number of nitrogens with two attached hydrogens (primary N) is 1. The molecule has 3 rings (SSSR count). The minimum atomic E-state index is -0.0567. The number of amides is 1. The van der Waals surface area contributed by atoms with Crippen molar-refractivity contribution in [2.45, 2.75) is 0 Å². The van der Waals surface area contributed by atoms with Crippen LogP contribution >= 0.6 is 11.6 Å². The summed E-state index contributed by atoms with van der Waals surface area (Å²) in [5.74, 6) is -0.0567. The smallest absolute Gasteiger partial charge is 0.272 e. The summed E-state index contributed by atoms with van der Waals surface area (Å²) in [6.07, 6.45) is 1.51. The molecule has 5 nitrogen and oxygen atoms in total. The maximum atomic E-state index is 12.4. The molecule has 6 heteroatoms. The van der Waals surface area contributed by atoms with Gasteiger partial charge in [-0.1, -0.05) is 23.7 Å². The van der Waals surface area contributed by atoms with Crippen molar-refractivity contribution in [1.82, 2.24) is 9.88 Å². The van der Waals surface area contributed by atoms with Crippen LogP contribution < -0.4 is 10.6 Å². The Hall–Kier alpha value is -2.27. The van der Waals surface area contributed by atoms with Gasteiger partial charge in [-0.3, -0.25) is 4.79 Å². The molecule has 0 saturated carbocycles. The maximum absolute atomic E-state index is 12.4. The van der Waals surface area contributed by atoms with Crippen LogP contribution in [0.2, 0.25) is 5.02 Å². The Labute approximate surface area is 134 Å². The average Bonchev–Trinajstić information content (AvgIpc) is 2.56. The number of pyridine rings is 1. The lowest BCUT2D eigenvalue weighted by Crippen LogP contribution is -2.49. The average molecular weight is 317 g/mol. The van der Waals surface area contributed by atoms with Crippen LogP contribution in [0.3, 0.4) is 0 Å². The zero-order valence-corrected chi connectivity index (χ0v) is 12.8. The second kappa shape index (κ2) is 6.23. The molecule has 1 aliphatic rings. The number of benzene rings is 1. The van der Waals surface area contributed by atoms with Crippen molar-refractivity contribution in [3.63, 3.8) is 0 Å². The fraction of sp³-hybridized carbons (Fsp3) is 0.250. The van der Waals surface area contributed by atoms with E-state index in [0.29, 0.717) is 24.5 Å². The molecule has 22 heavy (non-hydrogen) atoms. The second-order valence-corrected chi connectivity index (χ2v) is 5.61. The lowest BCUT2D eigenvalue weighted by Gasteiger charge is -2.36. The van der Waals surface area contributed by atoms with E-state index in [4.69, 9.17) is 17.3 Å². The molecule has 0 unspecified atom stereocenters. The number of carbonyl (C=O) groups is 1. The molecule has 0 bridgehead atoms. The van der Waals surface area contributed by atoms with E-state index in [2.05, 4.69) is 9.88 Å². The Morgan fingerprint density at radius 3 is 2.45 bits per heavy atom. The quantitative estimate of drug-likeness (QED) is 0.923. The number of carbonyl (C=O) groups excluding carboxylic acids is 1. The Bertz CT molecular complexity index is 666. The molecule has 0 aliphatic carbocycles. The van der Waals surface area contributed by atoms with Gasteiger partial charge in [0.05, 0.1) is 22.6 Å². The predicted molar refractivity (Wildman–Crippen MR) is 88.2 cm³/mol. The standard InChI is InChI=1S/C16H17ClN4O/c17-13-3-1-2-4-15(13)20-7-9-21(10-8-20)16(22)14-6-5-12(18)11-19-14/h1-6,11H,7-10,18H2. The van der Waals surface area contributed by atoms with Gasteiger partial charge < -0.3 is 15.5 Å². The molecule has 1 saturated heterocycles. The Morgan fingerprint density at radius 1 is 1.09 bits per heavy atom. The van der Waals surface area contributed by atoms with E-state index >= 15 is 0 Å². The molecule has 114 valence electrons. The minimum absolute atomic E-state index is 0.0567. The molecule has 2 aromatic rings. The van der Waals surface area contributed by atoms with E-state index < -0.39 is 0 Å². The van der Waals surface area contributed by atoms with E-state index in [-0.39, 0.29) is 5.91 Å². The van der Waals surface area contributed by atoms with Crippen LogP contribution in [0, 0.1) is 0 Å². The normalized spacial score (nSPS) is 15.0.